The molecule has 2 aromatic heterocycles. The summed E-state index contributed by atoms with van der Waals surface area (Å²) in [5.41, 5.74) is 0.772. The maximum Gasteiger partial charge on any atom is 0.341 e. The maximum absolute atomic E-state index is 12.4. The summed E-state index contributed by atoms with van der Waals surface area (Å²) in [7, 11) is 0. The van der Waals surface area contributed by atoms with Gasteiger partial charge in [-0.3, -0.25) is 9.78 Å². The first-order valence-corrected chi connectivity index (χ1v) is 6.41. The van der Waals surface area contributed by atoms with Crippen LogP contribution in [-0.2, 0) is 0 Å². The van der Waals surface area contributed by atoms with Crippen molar-refractivity contribution in [3.05, 3.63) is 63.8 Å². The van der Waals surface area contributed by atoms with Crippen LogP contribution in [0.1, 0.15) is 40.9 Å². The van der Waals surface area contributed by atoms with E-state index in [0.29, 0.717) is 12.0 Å². The van der Waals surface area contributed by atoms with Gasteiger partial charge < -0.3 is 9.67 Å². The monoisotopic (exact) mass is 272 g/mol. The Morgan fingerprint density at radius 3 is 2.55 bits per heavy atom. The van der Waals surface area contributed by atoms with E-state index in [1.54, 1.807) is 31.6 Å². The summed E-state index contributed by atoms with van der Waals surface area (Å²) in [6.07, 6.45) is 5.66. The Kier molecular flexibility index (Phi) is 3.98. The van der Waals surface area contributed by atoms with Gasteiger partial charge in [0.2, 0.25) is 0 Å². The number of hydrogen-bond donors (Lipinski definition) is 1. The second kappa shape index (κ2) is 5.69. The van der Waals surface area contributed by atoms with E-state index < -0.39 is 11.5 Å². The van der Waals surface area contributed by atoms with Crippen LogP contribution in [0.2, 0.25) is 0 Å². The van der Waals surface area contributed by atoms with Gasteiger partial charge in [0, 0.05) is 18.6 Å². The van der Waals surface area contributed by atoms with Crippen LogP contribution in [0.15, 0.2) is 41.6 Å². The van der Waals surface area contributed by atoms with E-state index in [1.165, 1.54) is 4.57 Å². The summed E-state index contributed by atoms with van der Waals surface area (Å²) >= 11 is 0. The van der Waals surface area contributed by atoms with Crippen LogP contribution in [-0.4, -0.2) is 20.6 Å². The second-order valence-corrected chi connectivity index (χ2v) is 4.60. The first-order chi connectivity index (χ1) is 9.56. The van der Waals surface area contributed by atoms with E-state index in [-0.39, 0.29) is 11.6 Å². The molecule has 2 heterocycles. The lowest BCUT2D eigenvalue weighted by molar-refractivity contribution is 0.0693. The van der Waals surface area contributed by atoms with E-state index in [4.69, 9.17) is 0 Å². The minimum Gasteiger partial charge on any atom is -0.477 e. The molecule has 1 atom stereocenters. The lowest BCUT2D eigenvalue weighted by Crippen LogP contribution is -2.30. The van der Waals surface area contributed by atoms with Gasteiger partial charge >= 0.3 is 5.97 Å². The fraction of sp³-hybridized carbons (Fsp3) is 0.267. The minimum atomic E-state index is -1.19. The lowest BCUT2D eigenvalue weighted by Gasteiger charge is -2.19. The van der Waals surface area contributed by atoms with Gasteiger partial charge in [-0.2, -0.15) is 0 Å². The normalized spacial score (nSPS) is 12.1. The average molecular weight is 272 g/mol. The number of carboxylic acid groups (broad SMARTS) is 1. The molecule has 0 aromatic carbocycles. The molecular weight excluding hydrogens is 256 g/mol. The molecular formula is C15H16N2O3. The fourth-order valence-electron chi connectivity index (χ4n) is 2.33. The number of aromatic nitrogens is 2. The highest BCUT2D eigenvalue weighted by atomic mass is 16.4. The van der Waals surface area contributed by atoms with Crippen molar-refractivity contribution in [1.29, 1.82) is 0 Å². The molecule has 2 aromatic rings. The number of aryl methyl sites for hydroxylation is 1. The van der Waals surface area contributed by atoms with Crippen molar-refractivity contribution < 1.29 is 9.90 Å². The number of aromatic carboxylic acids is 1. The smallest absolute Gasteiger partial charge is 0.341 e. The van der Waals surface area contributed by atoms with E-state index in [1.807, 2.05) is 19.1 Å². The Hall–Kier alpha value is -2.43. The summed E-state index contributed by atoms with van der Waals surface area (Å²) < 4.78 is 1.48. The summed E-state index contributed by atoms with van der Waals surface area (Å²) in [4.78, 5) is 27.5. The predicted octanol–water partition coefficient (Wildman–Crippen LogP) is 2.25. The molecule has 0 fully saturated rings. The molecule has 2 rings (SSSR count). The number of pyridine rings is 2. The second-order valence-electron chi connectivity index (χ2n) is 4.60. The molecule has 1 N–H and O–H groups in total. The Labute approximate surface area is 116 Å². The lowest BCUT2D eigenvalue weighted by atomic mass is 10.0. The van der Waals surface area contributed by atoms with E-state index in [9.17, 15) is 14.7 Å². The Balaban J connectivity index is 2.60. The van der Waals surface area contributed by atoms with Gasteiger partial charge in [0.15, 0.2) is 0 Å². The van der Waals surface area contributed by atoms with Crippen molar-refractivity contribution in [3.63, 3.8) is 0 Å². The highest BCUT2D eigenvalue weighted by Crippen LogP contribution is 2.20. The van der Waals surface area contributed by atoms with Crippen molar-refractivity contribution in [2.75, 3.05) is 0 Å². The van der Waals surface area contributed by atoms with Crippen LogP contribution in [0.25, 0.3) is 0 Å². The third kappa shape index (κ3) is 2.47. The van der Waals surface area contributed by atoms with Crippen molar-refractivity contribution in [2.45, 2.75) is 26.3 Å². The Morgan fingerprint density at radius 2 is 2.00 bits per heavy atom. The molecule has 0 saturated heterocycles. The van der Waals surface area contributed by atoms with Crippen molar-refractivity contribution >= 4 is 5.97 Å². The first-order valence-electron chi connectivity index (χ1n) is 6.41. The maximum atomic E-state index is 12.4. The first kappa shape index (κ1) is 14.0. The quantitative estimate of drug-likeness (QED) is 0.926. The topological polar surface area (TPSA) is 72.2 Å². The molecule has 0 aliphatic heterocycles. The van der Waals surface area contributed by atoms with E-state index >= 15 is 0 Å². The van der Waals surface area contributed by atoms with Crippen LogP contribution in [0.3, 0.4) is 0 Å². The molecule has 0 aliphatic rings. The van der Waals surface area contributed by atoms with Gasteiger partial charge in [0.05, 0.1) is 6.04 Å². The van der Waals surface area contributed by atoms with E-state index in [2.05, 4.69) is 4.98 Å². The zero-order chi connectivity index (χ0) is 14.7. The molecule has 0 amide bonds. The minimum absolute atomic E-state index is 0.167. The highest BCUT2D eigenvalue weighted by Gasteiger charge is 2.19. The van der Waals surface area contributed by atoms with Gasteiger partial charge in [0.1, 0.15) is 5.56 Å². The zero-order valence-electron chi connectivity index (χ0n) is 11.4. The fourth-order valence-corrected chi connectivity index (χ4v) is 2.33. The molecule has 1 unspecified atom stereocenters. The molecule has 20 heavy (non-hydrogen) atoms. The number of carboxylic acids is 1. The van der Waals surface area contributed by atoms with Gasteiger partial charge in [-0.25, -0.2) is 4.79 Å². The number of rotatable bonds is 4. The van der Waals surface area contributed by atoms with E-state index in [0.717, 1.165) is 5.56 Å². The van der Waals surface area contributed by atoms with Crippen molar-refractivity contribution in [3.8, 4) is 0 Å². The molecule has 0 bridgehead atoms. The molecule has 5 nitrogen and oxygen atoms in total. The summed E-state index contributed by atoms with van der Waals surface area (Å²) in [6.45, 7) is 3.58. The molecule has 0 radical (unpaired) electrons. The zero-order valence-corrected chi connectivity index (χ0v) is 11.4. The van der Waals surface area contributed by atoms with Crippen LogP contribution >= 0.6 is 0 Å². The Bertz CT molecular complexity index is 677. The number of nitrogens with zero attached hydrogens (tertiary/aromatic N) is 2. The average Bonchev–Trinajstić information content (AvgIpc) is 2.43. The van der Waals surface area contributed by atoms with Gasteiger partial charge in [0.25, 0.3) is 5.56 Å². The summed E-state index contributed by atoms with van der Waals surface area (Å²) in [5.74, 6) is -1.19. The van der Waals surface area contributed by atoms with Gasteiger partial charge in [-0.05, 0) is 42.7 Å². The van der Waals surface area contributed by atoms with Crippen LogP contribution in [0.4, 0.5) is 0 Å². The SMILES string of the molecule is CCC(c1ccncc1)n1ccc(C)c(C(=O)O)c1=O. The van der Waals surface area contributed by atoms with Crippen molar-refractivity contribution in [1.82, 2.24) is 9.55 Å². The molecule has 5 heteroatoms. The summed E-state index contributed by atoms with van der Waals surface area (Å²) in [5, 5.41) is 9.17. The van der Waals surface area contributed by atoms with Crippen LogP contribution in [0, 0.1) is 6.92 Å². The van der Waals surface area contributed by atoms with Gasteiger partial charge in [-0.15, -0.1) is 0 Å². The van der Waals surface area contributed by atoms with Gasteiger partial charge in [-0.1, -0.05) is 6.92 Å². The molecule has 0 spiro atoms. The van der Waals surface area contributed by atoms with Crippen LogP contribution in [0.5, 0.6) is 0 Å². The number of carbonyl (C=O) groups is 1. The largest absolute Gasteiger partial charge is 0.477 e. The molecule has 0 aliphatic carbocycles. The van der Waals surface area contributed by atoms with Crippen LogP contribution < -0.4 is 5.56 Å². The predicted molar refractivity (Wildman–Crippen MR) is 75.1 cm³/mol. The third-order valence-corrected chi connectivity index (χ3v) is 3.36. The summed E-state index contributed by atoms with van der Waals surface area (Å²) in [6, 6.07) is 5.14. The Morgan fingerprint density at radius 1 is 1.35 bits per heavy atom. The standard InChI is InChI=1S/C15H16N2O3/c1-3-12(11-4-7-16-8-5-11)17-9-6-10(2)13(14(17)18)15(19)20/h4-9,12H,3H2,1-2H3,(H,19,20). The van der Waals surface area contributed by atoms with Crippen molar-refractivity contribution in [2.24, 2.45) is 0 Å². The third-order valence-electron chi connectivity index (χ3n) is 3.36. The number of hydrogen-bond acceptors (Lipinski definition) is 3. The molecule has 104 valence electrons. The highest BCUT2D eigenvalue weighted by molar-refractivity contribution is 5.88. The molecule has 0 saturated carbocycles.